The lowest BCUT2D eigenvalue weighted by atomic mass is 9.91. The van der Waals surface area contributed by atoms with Gasteiger partial charge in [0.2, 0.25) is 65.0 Å². The lowest BCUT2D eigenvalue weighted by Crippen LogP contribution is -2.64. The van der Waals surface area contributed by atoms with Crippen molar-refractivity contribution in [2.45, 2.75) is 205 Å². The summed E-state index contributed by atoms with van der Waals surface area (Å²) < 4.78 is 41.3. The van der Waals surface area contributed by atoms with Crippen LogP contribution in [0.3, 0.4) is 0 Å². The SMILES string of the molecule is CC[C@H](C)[C@@H]1NC(=O)[C@H](CC(C)C)N(C)C(=O)C[C@@H](C)N(C)C(=O)[C@H](C(C)C)N(C)C(=O)C2(CCCC2)NC(=O)C2CCCN2C(=O)[C@H](CCc2ccc(C(F)(F)F)c(Cl)c2)NC(=O)CN(C)C(=O)[C@H](CC2CCCC2)N(C)C(=O)CN(C)C(=O)CN(C)C1=O. The zero-order valence-electron chi connectivity index (χ0n) is 55.3. The molecule has 0 aromatic heterocycles. The largest absolute Gasteiger partial charge is 0.417 e. The van der Waals surface area contributed by atoms with Crippen LogP contribution in [0.15, 0.2) is 18.2 Å². The maximum atomic E-state index is 15.1. The van der Waals surface area contributed by atoms with Gasteiger partial charge in [0.25, 0.3) is 0 Å². The topological polar surface area (TPSA) is 250 Å². The highest BCUT2D eigenvalue weighted by Gasteiger charge is 2.50. The first-order valence-electron chi connectivity index (χ1n) is 31.9. The highest BCUT2D eigenvalue weighted by atomic mass is 35.5. The second kappa shape index (κ2) is 32.2. The Morgan fingerprint density at radius 3 is 1.83 bits per heavy atom. The maximum Gasteiger partial charge on any atom is 0.417 e. The molecular formula is C64H99ClF3N11O11. The number of fused-ring (bicyclic) bond motifs is 1. The van der Waals surface area contributed by atoms with E-state index in [-0.39, 0.29) is 69.7 Å². The van der Waals surface area contributed by atoms with E-state index in [9.17, 15) is 61.1 Å². The summed E-state index contributed by atoms with van der Waals surface area (Å²) in [6.07, 6.45) is 1.10. The fourth-order valence-corrected chi connectivity index (χ4v) is 13.3. The van der Waals surface area contributed by atoms with Gasteiger partial charge in [0, 0.05) is 68.3 Å². The number of amides is 11. The Balaban J connectivity index is 1.55. The first-order valence-corrected chi connectivity index (χ1v) is 32.3. The molecule has 2 heterocycles. The minimum atomic E-state index is -4.74. The van der Waals surface area contributed by atoms with Crippen molar-refractivity contribution in [3.05, 3.63) is 34.3 Å². The molecule has 0 bridgehead atoms. The van der Waals surface area contributed by atoms with Crippen LogP contribution in [0.5, 0.6) is 0 Å². The molecule has 1 spiro atoms. The summed E-state index contributed by atoms with van der Waals surface area (Å²) in [5.74, 6) is -7.67. The van der Waals surface area contributed by atoms with Crippen molar-refractivity contribution in [1.29, 1.82) is 0 Å². The minimum Gasteiger partial charge on any atom is -0.343 e. The van der Waals surface area contributed by atoms with Crippen LogP contribution in [0.25, 0.3) is 0 Å². The number of rotatable bonds is 10. The number of hydrogen-bond donors (Lipinski definition) is 3. The number of hydrogen-bond acceptors (Lipinski definition) is 11. The molecule has 1 aromatic carbocycles. The Kier molecular flexibility index (Phi) is 26.5. The summed E-state index contributed by atoms with van der Waals surface area (Å²) in [5, 5.41) is 8.08. The number of halogens is 4. The Labute approximate surface area is 534 Å². The van der Waals surface area contributed by atoms with Gasteiger partial charge in [-0.15, -0.1) is 0 Å². The van der Waals surface area contributed by atoms with E-state index in [2.05, 4.69) is 16.0 Å². The second-order valence-corrected chi connectivity index (χ2v) is 27.0. The molecule has 8 atom stereocenters. The molecule has 504 valence electrons. The fourth-order valence-electron chi connectivity index (χ4n) is 13.0. The number of nitrogens with one attached hydrogen (secondary N) is 3. The van der Waals surface area contributed by atoms with Crippen molar-refractivity contribution >= 4 is 76.6 Å². The van der Waals surface area contributed by atoms with Crippen molar-refractivity contribution in [2.24, 2.45) is 23.7 Å². The van der Waals surface area contributed by atoms with Crippen molar-refractivity contribution in [3.8, 4) is 0 Å². The van der Waals surface area contributed by atoms with Crippen molar-refractivity contribution in [3.63, 3.8) is 0 Å². The highest BCUT2D eigenvalue weighted by molar-refractivity contribution is 6.31. The maximum absolute atomic E-state index is 15.1. The Hall–Kier alpha value is -6.53. The van der Waals surface area contributed by atoms with Crippen LogP contribution in [-0.2, 0) is 65.3 Å². The molecule has 1 unspecified atom stereocenters. The second-order valence-electron chi connectivity index (χ2n) is 26.6. The molecule has 3 N–H and O–H groups in total. The van der Waals surface area contributed by atoms with Gasteiger partial charge in [-0.2, -0.15) is 13.2 Å². The van der Waals surface area contributed by atoms with Crippen LogP contribution in [0.1, 0.15) is 156 Å². The molecule has 0 radical (unpaired) electrons. The van der Waals surface area contributed by atoms with E-state index < -0.39 is 161 Å². The van der Waals surface area contributed by atoms with Gasteiger partial charge >= 0.3 is 6.18 Å². The van der Waals surface area contributed by atoms with Gasteiger partial charge < -0.3 is 55.1 Å². The summed E-state index contributed by atoms with van der Waals surface area (Å²) in [5.41, 5.74) is -2.25. The smallest absolute Gasteiger partial charge is 0.343 e. The van der Waals surface area contributed by atoms with E-state index in [1.54, 1.807) is 27.7 Å². The normalized spacial score (nSPS) is 26.3. The highest BCUT2D eigenvalue weighted by Crippen LogP contribution is 2.37. The van der Waals surface area contributed by atoms with E-state index >= 15 is 4.79 Å². The van der Waals surface area contributed by atoms with Gasteiger partial charge in [0.1, 0.15) is 41.8 Å². The third-order valence-corrected chi connectivity index (χ3v) is 19.3. The lowest BCUT2D eigenvalue weighted by Gasteiger charge is -2.41. The van der Waals surface area contributed by atoms with Crippen LogP contribution in [-0.4, -0.2) is 228 Å². The van der Waals surface area contributed by atoms with Crippen LogP contribution >= 0.6 is 11.6 Å². The van der Waals surface area contributed by atoms with Gasteiger partial charge in [-0.3, -0.25) is 52.7 Å². The lowest BCUT2D eigenvalue weighted by molar-refractivity contribution is -0.152. The van der Waals surface area contributed by atoms with Crippen molar-refractivity contribution in [1.82, 2.24) is 55.1 Å². The predicted molar refractivity (Wildman–Crippen MR) is 332 cm³/mol. The summed E-state index contributed by atoms with van der Waals surface area (Å²) >= 11 is 6.11. The molecule has 4 aliphatic rings. The molecule has 1 aromatic rings. The van der Waals surface area contributed by atoms with Crippen LogP contribution in [0, 0.1) is 23.7 Å². The fraction of sp³-hybridized carbons (Fsp3) is 0.734. The van der Waals surface area contributed by atoms with Crippen LogP contribution < -0.4 is 16.0 Å². The molecule has 26 heteroatoms. The van der Waals surface area contributed by atoms with E-state index in [0.717, 1.165) is 52.5 Å². The third-order valence-electron chi connectivity index (χ3n) is 19.0. The van der Waals surface area contributed by atoms with Gasteiger partial charge in [-0.1, -0.05) is 104 Å². The number of carbonyl (C=O) groups excluding carboxylic acids is 11. The summed E-state index contributed by atoms with van der Waals surface area (Å²) in [6, 6.07) is -4.51. The minimum absolute atomic E-state index is 0.0440. The predicted octanol–water partition coefficient (Wildman–Crippen LogP) is 5.12. The molecule has 2 saturated carbocycles. The van der Waals surface area contributed by atoms with Crippen LogP contribution in [0.2, 0.25) is 5.02 Å². The van der Waals surface area contributed by atoms with Gasteiger partial charge in [0.05, 0.1) is 30.2 Å². The number of alkyl halides is 3. The zero-order chi connectivity index (χ0) is 67.4. The Morgan fingerprint density at radius 1 is 0.656 bits per heavy atom. The first kappa shape index (κ1) is 74.2. The van der Waals surface area contributed by atoms with Gasteiger partial charge in [-0.25, -0.2) is 0 Å². The van der Waals surface area contributed by atoms with E-state index in [4.69, 9.17) is 11.6 Å². The molecule has 90 heavy (non-hydrogen) atoms. The number of aryl methyl sites for hydroxylation is 1. The van der Waals surface area contributed by atoms with Crippen LogP contribution in [0.4, 0.5) is 13.2 Å². The Morgan fingerprint density at radius 2 is 1.26 bits per heavy atom. The molecule has 2 aliphatic carbocycles. The molecule has 2 aliphatic heterocycles. The average molecular weight is 1290 g/mol. The van der Waals surface area contributed by atoms with E-state index in [1.807, 2.05) is 20.8 Å². The molecular weight excluding hydrogens is 1190 g/mol. The quantitative estimate of drug-likeness (QED) is 0.278. The summed E-state index contributed by atoms with van der Waals surface area (Å²) in [6.45, 7) is 11.1. The number of carbonyl (C=O) groups is 11. The van der Waals surface area contributed by atoms with Gasteiger partial charge in [-0.05, 0) is 99.7 Å². The van der Waals surface area contributed by atoms with Crippen molar-refractivity contribution < 1.29 is 65.9 Å². The number of benzene rings is 1. The first-order chi connectivity index (χ1) is 42.0. The molecule has 11 amide bonds. The van der Waals surface area contributed by atoms with E-state index in [1.165, 1.54) is 79.9 Å². The Bertz CT molecular complexity index is 2780. The van der Waals surface area contributed by atoms with E-state index in [0.29, 0.717) is 31.2 Å². The van der Waals surface area contributed by atoms with Crippen molar-refractivity contribution in [2.75, 3.05) is 75.5 Å². The molecule has 5 rings (SSSR count). The third kappa shape index (κ3) is 18.6. The zero-order valence-corrected chi connectivity index (χ0v) is 56.1. The average Bonchev–Trinajstić information content (AvgIpc) is 1.55. The summed E-state index contributed by atoms with van der Waals surface area (Å²) in [7, 11) is 10.1. The monoisotopic (exact) mass is 1290 g/mol. The standard InChI is InChI=1S/C64H99ClF3N11O11/c1-15-40(6)54-60(88)74(10)36-52(82)72(8)37-53(83)77(13)49(34-42-21-16-17-22-42)59(87)73(9)35-50(80)69-46(27-25-43-24-26-44(45(65)33-43)64(66,67)68)58(86)79-30-20-23-47(79)57(85)71-63(28-18-19-29-63)62(90)78(14)55(39(4)5)61(89)75(11)41(7)32-51(81)76(12)48(31-38(2)3)56(84)70-54/h24,26,33,38-42,46-49,54-55H,15-23,25,27-32,34-37H2,1-14H3,(H,69,80)(H,70,84)(H,71,85)/t40-,41+,46-,47?,48-,49-,54-,55-/m0/s1. The number of nitrogens with zero attached hydrogens (tertiary/aromatic N) is 8. The summed E-state index contributed by atoms with van der Waals surface area (Å²) in [4.78, 5) is 170. The molecule has 2 saturated heterocycles. The number of likely N-dealkylation sites (N-methyl/N-ethyl adjacent to an activating group) is 7. The molecule has 4 fully saturated rings. The van der Waals surface area contributed by atoms with Gasteiger partial charge in [0.15, 0.2) is 0 Å². The molecule has 22 nitrogen and oxygen atoms in total.